The third kappa shape index (κ3) is 7.40. The maximum Gasteiger partial charge on any atom is 0.418 e. The first-order valence-corrected chi connectivity index (χ1v) is 20.1. The molecule has 2 aromatic heterocycles. The number of Topliss-reactive ketones (excluding diaryl/α,β-unsaturated/α-hetero) is 1. The number of carboxylic acids is 1. The number of fused-ring (bicyclic) bond motifs is 3. The number of benzene rings is 2. The standard InChI is InChI=1S/C44H46ClF3N4O5/c1-56-40-27(23-49-22-25-9-12-30(53)19-25)11-14-37(50-40)35-8-4-7-34(39(35)45)32-6-3-5-31-26(10-13-33(31)32)21-38-36(44(46,47)48)20-28(41(51-38)57-2)24-52-29-15-17-43(52,18-16-29)42(54)55/h3-8,11,14,20,25-26,29,49H,9-10,12-13,15-19,21-24H2,1-2H3,(H,54,55)/t25-,26-,29?,43?/m1/s1. The van der Waals surface area contributed by atoms with Crippen molar-refractivity contribution in [2.24, 2.45) is 5.92 Å². The van der Waals surface area contributed by atoms with Crippen LogP contribution in [0.1, 0.15) is 90.8 Å². The maximum absolute atomic E-state index is 14.8. The number of ether oxygens (including phenoxy) is 2. The minimum absolute atomic E-state index is 0.00626. The van der Waals surface area contributed by atoms with E-state index in [0.717, 1.165) is 52.4 Å². The molecule has 0 spiro atoms. The van der Waals surface area contributed by atoms with Gasteiger partial charge in [-0.3, -0.25) is 14.5 Å². The van der Waals surface area contributed by atoms with Crippen LogP contribution in [0.15, 0.2) is 54.6 Å². The molecule has 300 valence electrons. The average Bonchev–Trinajstić information content (AvgIpc) is 3.98. The van der Waals surface area contributed by atoms with E-state index in [1.165, 1.54) is 7.11 Å². The summed E-state index contributed by atoms with van der Waals surface area (Å²) in [5.41, 5.74) is 4.27. The van der Waals surface area contributed by atoms with Crippen LogP contribution < -0.4 is 14.8 Å². The molecule has 4 heterocycles. The Bertz CT molecular complexity index is 2210. The van der Waals surface area contributed by atoms with Crippen LogP contribution in [0, 0.1) is 5.92 Å². The van der Waals surface area contributed by atoms with Crippen molar-refractivity contribution in [2.75, 3.05) is 20.8 Å². The first kappa shape index (κ1) is 39.3. The molecule has 4 aromatic rings. The number of aromatic nitrogens is 2. The Hall–Kier alpha value is -4.52. The molecule has 2 bridgehead atoms. The number of ketones is 1. The topological polar surface area (TPSA) is 114 Å². The first-order chi connectivity index (χ1) is 27.4. The molecule has 0 radical (unpaired) electrons. The second kappa shape index (κ2) is 15.7. The van der Waals surface area contributed by atoms with Crippen LogP contribution in [0.4, 0.5) is 13.2 Å². The number of aliphatic carboxylic acids is 1. The molecule has 8 rings (SSSR count). The van der Waals surface area contributed by atoms with Crippen LogP contribution in [0.3, 0.4) is 0 Å². The first-order valence-electron chi connectivity index (χ1n) is 19.7. The highest BCUT2D eigenvalue weighted by Crippen LogP contribution is 2.49. The van der Waals surface area contributed by atoms with Gasteiger partial charge in [0.1, 0.15) is 11.3 Å². The smallest absolute Gasteiger partial charge is 0.418 e. The van der Waals surface area contributed by atoms with Crippen LogP contribution in [-0.2, 0) is 41.7 Å². The molecule has 1 saturated carbocycles. The number of pyridine rings is 2. The van der Waals surface area contributed by atoms with E-state index in [4.69, 9.17) is 26.1 Å². The summed E-state index contributed by atoms with van der Waals surface area (Å²) < 4.78 is 55.6. The Balaban J connectivity index is 1.05. The number of carbonyl (C=O) groups excluding carboxylic acids is 1. The van der Waals surface area contributed by atoms with Gasteiger partial charge in [0, 0.05) is 54.2 Å². The number of alkyl halides is 3. The van der Waals surface area contributed by atoms with E-state index in [1.54, 1.807) is 7.11 Å². The zero-order valence-electron chi connectivity index (χ0n) is 32.1. The third-order valence-corrected chi connectivity index (χ3v) is 13.2. The summed E-state index contributed by atoms with van der Waals surface area (Å²) in [5.74, 6) is 0.0975. The second-order valence-corrected chi connectivity index (χ2v) is 16.3. The predicted octanol–water partition coefficient (Wildman–Crippen LogP) is 8.81. The molecule has 3 fully saturated rings. The van der Waals surface area contributed by atoms with Crippen molar-refractivity contribution in [3.05, 3.63) is 93.1 Å². The molecule has 9 nitrogen and oxygen atoms in total. The van der Waals surface area contributed by atoms with Gasteiger partial charge in [0.05, 0.1) is 36.2 Å². The normalized spacial score (nSPS) is 23.0. The summed E-state index contributed by atoms with van der Waals surface area (Å²) in [6, 6.07) is 16.7. The lowest BCUT2D eigenvalue weighted by Gasteiger charge is -2.31. The number of hydrogen-bond acceptors (Lipinski definition) is 8. The van der Waals surface area contributed by atoms with Gasteiger partial charge in [-0.15, -0.1) is 0 Å². The molecule has 13 heteroatoms. The molecular formula is C44H46ClF3N4O5. The molecule has 0 unspecified atom stereocenters. The number of nitrogens with one attached hydrogen (secondary N) is 1. The zero-order chi connectivity index (χ0) is 40.1. The molecule has 2 aliphatic carbocycles. The molecule has 2 aliphatic heterocycles. The van der Waals surface area contributed by atoms with E-state index in [2.05, 4.69) is 10.3 Å². The highest BCUT2D eigenvalue weighted by atomic mass is 35.5. The Labute approximate surface area is 335 Å². The Morgan fingerprint density at radius 3 is 2.37 bits per heavy atom. The number of nitrogens with zero attached hydrogens (tertiary/aromatic N) is 3. The van der Waals surface area contributed by atoms with E-state index < -0.39 is 23.2 Å². The maximum atomic E-state index is 14.8. The summed E-state index contributed by atoms with van der Waals surface area (Å²) in [5, 5.41) is 14.1. The molecular weight excluding hydrogens is 757 g/mol. The van der Waals surface area contributed by atoms with Crippen molar-refractivity contribution < 1.29 is 37.3 Å². The summed E-state index contributed by atoms with van der Waals surface area (Å²) in [6.07, 6.45) is 1.24. The minimum atomic E-state index is -4.67. The lowest BCUT2D eigenvalue weighted by atomic mass is 9.88. The van der Waals surface area contributed by atoms with Crippen LogP contribution in [0.25, 0.3) is 22.4 Å². The second-order valence-electron chi connectivity index (χ2n) is 16.0. The number of carbonyl (C=O) groups is 2. The molecule has 2 aromatic carbocycles. The van der Waals surface area contributed by atoms with Gasteiger partial charge in [-0.25, -0.2) is 9.97 Å². The number of methoxy groups -OCH3 is 2. The monoisotopic (exact) mass is 802 g/mol. The van der Waals surface area contributed by atoms with Gasteiger partial charge in [0.25, 0.3) is 0 Å². The van der Waals surface area contributed by atoms with E-state index in [1.807, 2.05) is 53.4 Å². The lowest BCUT2D eigenvalue weighted by molar-refractivity contribution is -0.149. The number of rotatable bonds is 13. The molecule has 57 heavy (non-hydrogen) atoms. The van der Waals surface area contributed by atoms with E-state index >= 15 is 0 Å². The number of carboxylic acid groups (broad SMARTS) is 1. The van der Waals surface area contributed by atoms with Gasteiger partial charge < -0.3 is 19.9 Å². The summed E-state index contributed by atoms with van der Waals surface area (Å²) in [7, 11) is 2.97. The highest BCUT2D eigenvalue weighted by molar-refractivity contribution is 6.36. The lowest BCUT2D eigenvalue weighted by Crippen LogP contribution is -2.47. The van der Waals surface area contributed by atoms with Gasteiger partial charge in [-0.1, -0.05) is 54.1 Å². The SMILES string of the molecule is COc1nc(-c2cccc(-c3cccc4c3CC[C@@H]4Cc3nc(OC)c(CN4C5CCC4(C(=O)O)CC5)cc3C(F)(F)F)c2Cl)ccc1CNC[C@@H]1CCC(=O)C1. The van der Waals surface area contributed by atoms with Crippen molar-refractivity contribution in [3.8, 4) is 34.1 Å². The number of halogens is 4. The average molecular weight is 803 g/mol. The van der Waals surface area contributed by atoms with Crippen molar-refractivity contribution >= 4 is 23.4 Å². The fourth-order valence-corrected chi connectivity index (χ4v) is 10.2. The molecule has 2 saturated heterocycles. The van der Waals surface area contributed by atoms with Crippen molar-refractivity contribution in [1.82, 2.24) is 20.2 Å². The minimum Gasteiger partial charge on any atom is -0.481 e. The van der Waals surface area contributed by atoms with E-state index in [0.29, 0.717) is 86.2 Å². The fraction of sp³-hybridized carbons (Fsp3) is 0.455. The van der Waals surface area contributed by atoms with Crippen molar-refractivity contribution in [3.63, 3.8) is 0 Å². The largest absolute Gasteiger partial charge is 0.481 e. The van der Waals surface area contributed by atoms with Crippen LogP contribution >= 0.6 is 11.6 Å². The van der Waals surface area contributed by atoms with E-state index in [9.17, 15) is 27.9 Å². The summed E-state index contributed by atoms with van der Waals surface area (Å²) >= 11 is 7.17. The summed E-state index contributed by atoms with van der Waals surface area (Å²) in [4.78, 5) is 35.2. The van der Waals surface area contributed by atoms with Crippen LogP contribution in [0.2, 0.25) is 5.02 Å². The van der Waals surface area contributed by atoms with Crippen molar-refractivity contribution in [2.45, 2.75) is 101 Å². The van der Waals surface area contributed by atoms with E-state index in [-0.39, 0.29) is 42.1 Å². The predicted molar refractivity (Wildman–Crippen MR) is 209 cm³/mol. The third-order valence-electron chi connectivity index (χ3n) is 12.8. The van der Waals surface area contributed by atoms with Crippen molar-refractivity contribution in [1.29, 1.82) is 0 Å². The zero-order valence-corrected chi connectivity index (χ0v) is 32.8. The quantitative estimate of drug-likeness (QED) is 0.137. The van der Waals surface area contributed by atoms with Gasteiger partial charge in [-0.2, -0.15) is 13.2 Å². The van der Waals surface area contributed by atoms with Gasteiger partial charge >= 0.3 is 12.1 Å². The van der Waals surface area contributed by atoms with Gasteiger partial charge in [0.2, 0.25) is 11.8 Å². The Morgan fingerprint density at radius 2 is 1.67 bits per heavy atom. The molecule has 2 N–H and O–H groups in total. The van der Waals surface area contributed by atoms with Crippen LogP contribution in [0.5, 0.6) is 11.8 Å². The highest BCUT2D eigenvalue weighted by Gasteiger charge is 2.56. The number of hydrogen-bond donors (Lipinski definition) is 2. The van der Waals surface area contributed by atoms with Crippen LogP contribution in [-0.4, -0.2) is 64.1 Å². The molecule has 2 atom stereocenters. The van der Waals surface area contributed by atoms with Gasteiger partial charge in [0.15, 0.2) is 0 Å². The molecule has 4 aliphatic rings. The fourth-order valence-electron chi connectivity index (χ4n) is 9.88. The molecule has 0 amide bonds. The summed E-state index contributed by atoms with van der Waals surface area (Å²) in [6.45, 7) is 1.33. The Kier molecular flexibility index (Phi) is 10.8. The van der Waals surface area contributed by atoms with Gasteiger partial charge in [-0.05, 0) is 98.6 Å². The Morgan fingerprint density at radius 1 is 0.947 bits per heavy atom.